The van der Waals surface area contributed by atoms with E-state index in [0.29, 0.717) is 12.8 Å². The van der Waals surface area contributed by atoms with Crippen molar-refractivity contribution in [3.8, 4) is 0 Å². The first-order valence-corrected chi connectivity index (χ1v) is 7.84. The Hall–Kier alpha value is -1.40. The van der Waals surface area contributed by atoms with Gasteiger partial charge in [-0.3, -0.25) is 9.59 Å². The monoisotopic (exact) mass is 316 g/mol. The van der Waals surface area contributed by atoms with Gasteiger partial charge in [-0.25, -0.2) is 0 Å². The summed E-state index contributed by atoms with van der Waals surface area (Å²) < 4.78 is 9.66. The molecule has 0 saturated carbocycles. The molecule has 0 fully saturated rings. The maximum atomic E-state index is 11.9. The number of hydrogen-bond acceptors (Lipinski definition) is 6. The summed E-state index contributed by atoms with van der Waals surface area (Å²) in [5.74, 6) is -1.62. The van der Waals surface area contributed by atoms with E-state index in [2.05, 4.69) is 13.0 Å². The predicted octanol–water partition coefficient (Wildman–Crippen LogP) is 1.59. The topological polar surface area (TPSA) is 93.1 Å². The zero-order chi connectivity index (χ0) is 16.6. The van der Waals surface area contributed by atoms with Crippen molar-refractivity contribution in [2.75, 3.05) is 26.4 Å². The Morgan fingerprint density at radius 2 is 1.68 bits per heavy atom. The van der Waals surface area contributed by atoms with Gasteiger partial charge >= 0.3 is 11.9 Å². The molecule has 22 heavy (non-hydrogen) atoms. The highest BCUT2D eigenvalue weighted by molar-refractivity contribution is 5.79. The van der Waals surface area contributed by atoms with E-state index < -0.39 is 17.9 Å². The molecule has 0 aliphatic carbocycles. The lowest BCUT2D eigenvalue weighted by Crippen LogP contribution is -2.23. The molecule has 6 heteroatoms. The number of aliphatic hydroxyl groups is 2. The van der Waals surface area contributed by atoms with Crippen LogP contribution in [0.2, 0.25) is 0 Å². The Kier molecular flexibility index (Phi) is 13.6. The molecular weight excluding hydrogens is 288 g/mol. The molecule has 0 saturated heterocycles. The first kappa shape index (κ1) is 20.6. The summed E-state index contributed by atoms with van der Waals surface area (Å²) in [5.41, 5.74) is 0. The van der Waals surface area contributed by atoms with E-state index in [1.807, 2.05) is 6.08 Å². The van der Waals surface area contributed by atoms with E-state index in [9.17, 15) is 9.59 Å². The highest BCUT2D eigenvalue weighted by Crippen LogP contribution is 2.15. The van der Waals surface area contributed by atoms with Crippen LogP contribution in [0, 0.1) is 5.92 Å². The molecule has 0 aromatic carbocycles. The van der Waals surface area contributed by atoms with Gasteiger partial charge in [-0.2, -0.15) is 0 Å². The van der Waals surface area contributed by atoms with Crippen molar-refractivity contribution in [3.05, 3.63) is 12.2 Å². The van der Waals surface area contributed by atoms with Crippen LogP contribution in [0.1, 0.15) is 45.4 Å². The Morgan fingerprint density at radius 1 is 1.05 bits per heavy atom. The minimum absolute atomic E-state index is 0.0752. The first-order valence-electron chi connectivity index (χ1n) is 7.84. The van der Waals surface area contributed by atoms with Crippen LogP contribution in [0.4, 0.5) is 0 Å². The number of aliphatic hydroxyl groups excluding tert-OH is 2. The highest BCUT2D eigenvalue weighted by atomic mass is 16.5. The van der Waals surface area contributed by atoms with E-state index in [1.54, 1.807) is 0 Å². The van der Waals surface area contributed by atoms with Crippen molar-refractivity contribution in [1.82, 2.24) is 0 Å². The number of unbranched alkanes of at least 4 members (excludes halogenated alkanes) is 2. The van der Waals surface area contributed by atoms with Crippen LogP contribution >= 0.6 is 0 Å². The molecule has 0 aliphatic heterocycles. The maximum absolute atomic E-state index is 11.9. The summed E-state index contributed by atoms with van der Waals surface area (Å²) in [6.45, 7) is 1.48. The average Bonchev–Trinajstić information content (AvgIpc) is 2.52. The third-order valence-corrected chi connectivity index (χ3v) is 3.01. The van der Waals surface area contributed by atoms with Crippen molar-refractivity contribution >= 4 is 11.9 Å². The fourth-order valence-electron chi connectivity index (χ4n) is 1.84. The molecule has 0 amide bonds. The van der Waals surface area contributed by atoms with E-state index in [-0.39, 0.29) is 32.8 Å². The van der Waals surface area contributed by atoms with Crippen LogP contribution in [0.25, 0.3) is 0 Å². The quantitative estimate of drug-likeness (QED) is 0.304. The molecular formula is C16H28O6. The zero-order valence-corrected chi connectivity index (χ0v) is 13.3. The van der Waals surface area contributed by atoms with Gasteiger partial charge in [-0.15, -0.1) is 0 Å². The molecule has 0 heterocycles. The Labute approximate surface area is 132 Å². The van der Waals surface area contributed by atoms with Crippen molar-refractivity contribution in [3.63, 3.8) is 0 Å². The normalized spacial score (nSPS) is 12.3. The number of ether oxygens (including phenoxy) is 2. The largest absolute Gasteiger partial charge is 0.463 e. The van der Waals surface area contributed by atoms with Crippen molar-refractivity contribution < 1.29 is 29.3 Å². The maximum Gasteiger partial charge on any atom is 0.309 e. The fraction of sp³-hybridized carbons (Fsp3) is 0.750. The number of hydrogen-bond donors (Lipinski definition) is 2. The predicted molar refractivity (Wildman–Crippen MR) is 82.1 cm³/mol. The number of esters is 2. The van der Waals surface area contributed by atoms with Gasteiger partial charge in [0.1, 0.15) is 13.2 Å². The minimum Gasteiger partial charge on any atom is -0.463 e. The summed E-state index contributed by atoms with van der Waals surface area (Å²) >= 11 is 0. The lowest BCUT2D eigenvalue weighted by Gasteiger charge is -2.14. The van der Waals surface area contributed by atoms with Crippen molar-refractivity contribution in [1.29, 1.82) is 0 Å². The van der Waals surface area contributed by atoms with Crippen LogP contribution in [0.3, 0.4) is 0 Å². The summed E-state index contributed by atoms with van der Waals surface area (Å²) in [6.07, 6.45) is 8.44. The third-order valence-electron chi connectivity index (χ3n) is 3.01. The van der Waals surface area contributed by atoms with E-state index >= 15 is 0 Å². The molecule has 0 spiro atoms. The smallest absolute Gasteiger partial charge is 0.309 e. The molecule has 1 unspecified atom stereocenters. The van der Waals surface area contributed by atoms with Gasteiger partial charge in [0.15, 0.2) is 0 Å². The number of carbonyl (C=O) groups is 2. The van der Waals surface area contributed by atoms with Crippen molar-refractivity contribution in [2.45, 2.75) is 45.4 Å². The molecule has 0 rings (SSSR count). The molecule has 2 N–H and O–H groups in total. The third kappa shape index (κ3) is 11.3. The lowest BCUT2D eigenvalue weighted by molar-refractivity contribution is -0.156. The van der Waals surface area contributed by atoms with Crippen LogP contribution in [0.15, 0.2) is 12.2 Å². The summed E-state index contributed by atoms with van der Waals surface area (Å²) in [7, 11) is 0. The van der Waals surface area contributed by atoms with E-state index in [1.165, 1.54) is 0 Å². The lowest BCUT2D eigenvalue weighted by atomic mass is 9.99. The number of rotatable bonds is 13. The summed E-state index contributed by atoms with van der Waals surface area (Å²) in [6, 6.07) is 0. The summed E-state index contributed by atoms with van der Waals surface area (Å²) in [4.78, 5) is 23.4. The molecule has 0 radical (unpaired) electrons. The Morgan fingerprint density at radius 3 is 2.32 bits per heavy atom. The molecule has 1 atom stereocenters. The van der Waals surface area contributed by atoms with Crippen molar-refractivity contribution in [2.24, 2.45) is 5.92 Å². The minimum atomic E-state index is -0.589. The zero-order valence-electron chi connectivity index (χ0n) is 13.3. The van der Waals surface area contributed by atoms with Crippen LogP contribution < -0.4 is 0 Å². The van der Waals surface area contributed by atoms with Crippen LogP contribution in [-0.4, -0.2) is 48.6 Å². The second kappa shape index (κ2) is 14.5. The standard InChI is InChI=1S/C16H28O6/c1-2-3-4-5-6-7-8-14(16(20)22-12-10-18)13-15(19)21-11-9-17/h5-6,14,17-18H,2-4,7-13H2,1H3/b6-5+. The van der Waals surface area contributed by atoms with Gasteiger partial charge in [0.25, 0.3) is 0 Å². The highest BCUT2D eigenvalue weighted by Gasteiger charge is 2.23. The van der Waals surface area contributed by atoms with Gasteiger partial charge in [-0.05, 0) is 19.3 Å². The Balaban J connectivity index is 4.29. The summed E-state index contributed by atoms with van der Waals surface area (Å²) in [5, 5.41) is 17.3. The van der Waals surface area contributed by atoms with Gasteiger partial charge in [0, 0.05) is 0 Å². The average molecular weight is 316 g/mol. The van der Waals surface area contributed by atoms with E-state index in [0.717, 1.165) is 19.3 Å². The molecule has 0 bridgehead atoms. The van der Waals surface area contributed by atoms with Gasteiger partial charge in [-0.1, -0.05) is 31.9 Å². The fourth-order valence-corrected chi connectivity index (χ4v) is 1.84. The second-order valence-corrected chi connectivity index (χ2v) is 4.93. The Bertz CT molecular complexity index is 327. The molecule has 0 aliphatic rings. The second-order valence-electron chi connectivity index (χ2n) is 4.93. The first-order chi connectivity index (χ1) is 10.7. The number of carbonyl (C=O) groups excluding carboxylic acids is 2. The molecule has 6 nitrogen and oxygen atoms in total. The molecule has 0 aromatic rings. The van der Waals surface area contributed by atoms with Gasteiger partial charge in [0.05, 0.1) is 25.6 Å². The van der Waals surface area contributed by atoms with E-state index in [4.69, 9.17) is 19.7 Å². The van der Waals surface area contributed by atoms with Gasteiger partial charge < -0.3 is 19.7 Å². The van der Waals surface area contributed by atoms with Crippen LogP contribution in [0.5, 0.6) is 0 Å². The van der Waals surface area contributed by atoms with Gasteiger partial charge in [0.2, 0.25) is 0 Å². The molecule has 0 aromatic heterocycles. The van der Waals surface area contributed by atoms with Crippen LogP contribution in [-0.2, 0) is 19.1 Å². The molecule has 128 valence electrons. The SMILES string of the molecule is CCCC/C=C/CCC(CC(=O)OCCO)C(=O)OCCO. The number of allylic oxidation sites excluding steroid dienone is 2.